The van der Waals surface area contributed by atoms with Gasteiger partial charge in [-0.05, 0) is 32.4 Å². The molecule has 7 nitrogen and oxygen atoms in total. The second-order valence-electron chi connectivity index (χ2n) is 3.38. The molecule has 0 aliphatic heterocycles. The SMILES string of the molecule is N=C(N)NCCCCNCCCNC(=O)O. The smallest absolute Gasteiger partial charge is 0.404 e. The number of carbonyl (C=O) groups is 1. The Kier molecular flexibility index (Phi) is 9.09. The molecule has 0 aromatic rings. The molecule has 0 aromatic carbocycles. The zero-order valence-electron chi connectivity index (χ0n) is 9.38. The fourth-order valence-corrected chi connectivity index (χ4v) is 1.13. The van der Waals surface area contributed by atoms with Crippen molar-refractivity contribution >= 4 is 12.1 Å². The van der Waals surface area contributed by atoms with E-state index in [0.717, 1.165) is 38.9 Å². The number of carboxylic acid groups (broad SMARTS) is 1. The first kappa shape index (κ1) is 14.5. The summed E-state index contributed by atoms with van der Waals surface area (Å²) in [5, 5.41) is 23.4. The van der Waals surface area contributed by atoms with E-state index in [1.54, 1.807) is 0 Å². The minimum atomic E-state index is -0.977. The number of amides is 1. The summed E-state index contributed by atoms with van der Waals surface area (Å²) in [6.45, 7) is 2.90. The summed E-state index contributed by atoms with van der Waals surface area (Å²) in [6, 6.07) is 0. The summed E-state index contributed by atoms with van der Waals surface area (Å²) in [6.07, 6.45) is 1.78. The van der Waals surface area contributed by atoms with Gasteiger partial charge in [-0.3, -0.25) is 5.41 Å². The summed E-state index contributed by atoms with van der Waals surface area (Å²) in [5.41, 5.74) is 5.11. The third-order valence-corrected chi connectivity index (χ3v) is 1.90. The van der Waals surface area contributed by atoms with Crippen molar-refractivity contribution in [2.75, 3.05) is 26.2 Å². The average Bonchev–Trinajstić information content (AvgIpc) is 2.20. The van der Waals surface area contributed by atoms with Gasteiger partial charge in [-0.15, -0.1) is 0 Å². The highest BCUT2D eigenvalue weighted by Gasteiger charge is 1.93. The van der Waals surface area contributed by atoms with Gasteiger partial charge < -0.3 is 26.8 Å². The van der Waals surface area contributed by atoms with Gasteiger partial charge in [-0.1, -0.05) is 0 Å². The van der Waals surface area contributed by atoms with Gasteiger partial charge in [0.1, 0.15) is 0 Å². The monoisotopic (exact) mass is 231 g/mol. The van der Waals surface area contributed by atoms with E-state index >= 15 is 0 Å². The molecule has 0 radical (unpaired) electrons. The molecule has 7 heteroatoms. The third kappa shape index (κ3) is 12.5. The number of nitrogens with one attached hydrogen (secondary N) is 4. The molecule has 0 aliphatic rings. The molecule has 0 saturated heterocycles. The van der Waals surface area contributed by atoms with Gasteiger partial charge in [-0.25, -0.2) is 4.79 Å². The molecule has 0 bridgehead atoms. The highest BCUT2D eigenvalue weighted by atomic mass is 16.4. The Morgan fingerprint density at radius 3 is 2.25 bits per heavy atom. The quantitative estimate of drug-likeness (QED) is 0.181. The van der Waals surface area contributed by atoms with Crippen LogP contribution in [0.15, 0.2) is 0 Å². The minimum Gasteiger partial charge on any atom is -0.465 e. The average molecular weight is 231 g/mol. The van der Waals surface area contributed by atoms with E-state index in [0.29, 0.717) is 6.54 Å². The van der Waals surface area contributed by atoms with Crippen molar-refractivity contribution in [2.45, 2.75) is 19.3 Å². The predicted molar refractivity (Wildman–Crippen MR) is 62.7 cm³/mol. The zero-order valence-corrected chi connectivity index (χ0v) is 9.38. The van der Waals surface area contributed by atoms with E-state index in [-0.39, 0.29) is 5.96 Å². The number of hydrogen-bond donors (Lipinski definition) is 6. The van der Waals surface area contributed by atoms with Crippen LogP contribution in [-0.4, -0.2) is 43.3 Å². The molecule has 0 atom stereocenters. The molecule has 0 spiro atoms. The number of nitrogens with two attached hydrogens (primary N) is 1. The topological polar surface area (TPSA) is 123 Å². The Morgan fingerprint density at radius 2 is 1.62 bits per heavy atom. The highest BCUT2D eigenvalue weighted by molar-refractivity contribution is 5.74. The third-order valence-electron chi connectivity index (χ3n) is 1.90. The van der Waals surface area contributed by atoms with Gasteiger partial charge in [0.05, 0.1) is 0 Å². The lowest BCUT2D eigenvalue weighted by atomic mass is 10.3. The summed E-state index contributed by atoms with van der Waals surface area (Å²) in [7, 11) is 0. The summed E-state index contributed by atoms with van der Waals surface area (Å²) < 4.78 is 0. The van der Waals surface area contributed by atoms with Crippen LogP contribution in [-0.2, 0) is 0 Å². The van der Waals surface area contributed by atoms with Crippen LogP contribution in [0.5, 0.6) is 0 Å². The second-order valence-corrected chi connectivity index (χ2v) is 3.38. The van der Waals surface area contributed by atoms with Gasteiger partial charge in [0, 0.05) is 13.1 Å². The van der Waals surface area contributed by atoms with E-state index in [1.807, 2.05) is 0 Å². The molecule has 16 heavy (non-hydrogen) atoms. The van der Waals surface area contributed by atoms with E-state index in [9.17, 15) is 4.79 Å². The number of guanidine groups is 1. The fourth-order valence-electron chi connectivity index (χ4n) is 1.13. The maximum atomic E-state index is 10.1. The van der Waals surface area contributed by atoms with Gasteiger partial charge >= 0.3 is 6.09 Å². The molecule has 1 amide bonds. The second kappa shape index (κ2) is 10.0. The Bertz CT molecular complexity index is 188. The predicted octanol–water partition coefficient (Wildman–Crippen LogP) is -0.503. The Balaban J connectivity index is 2.98. The lowest BCUT2D eigenvalue weighted by Crippen LogP contribution is -2.31. The lowest BCUT2D eigenvalue weighted by Gasteiger charge is -2.05. The van der Waals surface area contributed by atoms with Gasteiger partial charge in [-0.2, -0.15) is 0 Å². The first-order chi connectivity index (χ1) is 7.63. The molecule has 94 valence electrons. The lowest BCUT2D eigenvalue weighted by molar-refractivity contribution is 0.194. The van der Waals surface area contributed by atoms with E-state index in [4.69, 9.17) is 16.2 Å². The molecular weight excluding hydrogens is 210 g/mol. The first-order valence-corrected chi connectivity index (χ1v) is 5.38. The standard InChI is InChI=1S/C9H21N5O2/c10-8(11)13-6-2-1-4-12-5-3-7-14-9(15)16/h12,14H,1-7H2,(H,15,16)(H4,10,11,13). The van der Waals surface area contributed by atoms with Crippen LogP contribution in [0.2, 0.25) is 0 Å². The Hall–Kier alpha value is -1.50. The molecule has 0 saturated carbocycles. The number of hydrogen-bond acceptors (Lipinski definition) is 3. The molecule has 0 aromatic heterocycles. The van der Waals surface area contributed by atoms with Crippen molar-refractivity contribution in [3.63, 3.8) is 0 Å². The minimum absolute atomic E-state index is 0.00713. The molecular formula is C9H21N5O2. The maximum absolute atomic E-state index is 10.1. The normalized spacial score (nSPS) is 9.75. The maximum Gasteiger partial charge on any atom is 0.404 e. The van der Waals surface area contributed by atoms with Gasteiger partial charge in [0.2, 0.25) is 0 Å². The van der Waals surface area contributed by atoms with Crippen molar-refractivity contribution in [2.24, 2.45) is 5.73 Å². The summed E-state index contributed by atoms with van der Waals surface area (Å²) in [4.78, 5) is 10.1. The zero-order chi connectivity index (χ0) is 12.2. The Labute approximate surface area is 95.3 Å². The van der Waals surface area contributed by atoms with Gasteiger partial charge in [0.15, 0.2) is 5.96 Å². The fraction of sp³-hybridized carbons (Fsp3) is 0.778. The molecule has 0 unspecified atom stereocenters. The van der Waals surface area contributed by atoms with Crippen LogP contribution in [0.3, 0.4) is 0 Å². The molecule has 0 rings (SSSR count). The van der Waals surface area contributed by atoms with Crippen molar-refractivity contribution in [1.29, 1.82) is 5.41 Å². The van der Waals surface area contributed by atoms with Crippen LogP contribution < -0.4 is 21.7 Å². The van der Waals surface area contributed by atoms with Crippen LogP contribution in [0.4, 0.5) is 4.79 Å². The largest absolute Gasteiger partial charge is 0.465 e. The van der Waals surface area contributed by atoms with Crippen molar-refractivity contribution in [3.8, 4) is 0 Å². The van der Waals surface area contributed by atoms with Crippen molar-refractivity contribution in [3.05, 3.63) is 0 Å². The molecule has 0 fully saturated rings. The number of rotatable bonds is 9. The highest BCUT2D eigenvalue weighted by Crippen LogP contribution is 1.84. The number of unbranched alkanes of at least 4 members (excludes halogenated alkanes) is 1. The molecule has 0 heterocycles. The first-order valence-electron chi connectivity index (χ1n) is 5.38. The van der Waals surface area contributed by atoms with Crippen LogP contribution in [0.1, 0.15) is 19.3 Å². The van der Waals surface area contributed by atoms with E-state index < -0.39 is 6.09 Å². The molecule has 7 N–H and O–H groups in total. The Morgan fingerprint density at radius 1 is 1.06 bits per heavy atom. The summed E-state index contributed by atoms with van der Waals surface area (Å²) >= 11 is 0. The van der Waals surface area contributed by atoms with Crippen LogP contribution in [0.25, 0.3) is 0 Å². The summed E-state index contributed by atoms with van der Waals surface area (Å²) in [5.74, 6) is 0.00713. The van der Waals surface area contributed by atoms with Gasteiger partial charge in [0.25, 0.3) is 0 Å². The molecule has 0 aliphatic carbocycles. The van der Waals surface area contributed by atoms with E-state index in [2.05, 4.69) is 16.0 Å². The van der Waals surface area contributed by atoms with Crippen LogP contribution >= 0.6 is 0 Å². The van der Waals surface area contributed by atoms with Crippen molar-refractivity contribution < 1.29 is 9.90 Å². The van der Waals surface area contributed by atoms with Crippen LogP contribution in [0, 0.1) is 5.41 Å². The van der Waals surface area contributed by atoms with E-state index in [1.165, 1.54) is 0 Å². The van der Waals surface area contributed by atoms with Crippen molar-refractivity contribution in [1.82, 2.24) is 16.0 Å².